The smallest absolute Gasteiger partial charge is 0.408 e. The van der Waals surface area contributed by atoms with Gasteiger partial charge in [-0.15, -0.1) is 6.58 Å². The Hall–Kier alpha value is -2.91. The van der Waals surface area contributed by atoms with E-state index in [0.29, 0.717) is 6.54 Å². The monoisotopic (exact) mass is 574 g/mol. The second-order valence-electron chi connectivity index (χ2n) is 14.0. The lowest BCUT2D eigenvalue weighted by atomic mass is 9.83. The molecule has 1 heterocycles. The van der Waals surface area contributed by atoms with Crippen LogP contribution in [-0.4, -0.2) is 71.3 Å². The molecule has 1 aliphatic heterocycles. The number of amides is 4. The number of nitrogens with zero attached hydrogens (tertiary/aromatic N) is 1. The number of ketones is 1. The lowest BCUT2D eigenvalue weighted by molar-refractivity contribution is -0.145. The number of ether oxygens (including phenoxy) is 1. The van der Waals surface area contributed by atoms with Crippen molar-refractivity contribution in [3.8, 4) is 0 Å². The first-order valence-electron chi connectivity index (χ1n) is 15.1. The molecule has 1 saturated heterocycles. The van der Waals surface area contributed by atoms with E-state index in [9.17, 15) is 24.0 Å². The summed E-state index contributed by atoms with van der Waals surface area (Å²) in [6, 6.07) is -2.62. The van der Waals surface area contributed by atoms with Crippen LogP contribution in [-0.2, 0) is 23.9 Å². The van der Waals surface area contributed by atoms with E-state index in [1.807, 2.05) is 13.8 Å². The maximum Gasteiger partial charge on any atom is 0.408 e. The molecule has 0 bridgehead atoms. The fourth-order valence-electron chi connectivity index (χ4n) is 6.65. The Morgan fingerprint density at radius 3 is 2.24 bits per heavy atom. The standard InChI is InChI=1S/C31H50N4O6/c1-9-15-32-27(38)25(36)21(16-18(2)3)33-26(37)24-22-20(31(22,7)8)17-35(24)28(39)23(19-13-11-10-12-14-19)34-29(40)41-30(4,5)6/h9,18-24H,1,10-17H2,2-8H3,(H,32,38)(H,33,37)(H,34,40)/t20?,21?,22?,23-,24-/m0/s1. The van der Waals surface area contributed by atoms with Gasteiger partial charge >= 0.3 is 6.09 Å². The SMILES string of the molecule is C=CCNC(=O)C(=O)C(CC(C)C)NC(=O)[C@@H]1C2C(CN1C(=O)[C@@H](NC(=O)OC(C)(C)C)C1CCCCC1)C2(C)C. The predicted molar refractivity (Wildman–Crippen MR) is 156 cm³/mol. The summed E-state index contributed by atoms with van der Waals surface area (Å²) in [5, 5.41) is 8.18. The zero-order chi connectivity index (χ0) is 30.7. The minimum Gasteiger partial charge on any atom is -0.444 e. The molecule has 3 fully saturated rings. The van der Waals surface area contributed by atoms with Crippen LogP contribution >= 0.6 is 0 Å². The number of carbonyl (C=O) groups is 5. The van der Waals surface area contributed by atoms with Gasteiger partial charge in [-0.25, -0.2) is 4.79 Å². The molecule has 5 atom stereocenters. The molecule has 2 saturated carbocycles. The molecule has 230 valence electrons. The van der Waals surface area contributed by atoms with Crippen molar-refractivity contribution in [2.45, 2.75) is 111 Å². The number of rotatable bonds is 11. The van der Waals surface area contributed by atoms with E-state index in [4.69, 9.17) is 4.74 Å². The molecule has 0 aromatic rings. The first-order valence-corrected chi connectivity index (χ1v) is 15.1. The van der Waals surface area contributed by atoms with Crippen LogP contribution in [0.5, 0.6) is 0 Å². The highest BCUT2D eigenvalue weighted by atomic mass is 16.6. The Bertz CT molecular complexity index is 1030. The summed E-state index contributed by atoms with van der Waals surface area (Å²) in [6.07, 6.45) is 5.75. The number of carbonyl (C=O) groups excluding carboxylic acids is 5. The maximum atomic E-state index is 14.2. The maximum absolute atomic E-state index is 14.2. The predicted octanol–water partition coefficient (Wildman–Crippen LogP) is 3.35. The fourth-order valence-corrected chi connectivity index (χ4v) is 6.65. The van der Waals surface area contributed by atoms with Crippen LogP contribution < -0.4 is 16.0 Å². The summed E-state index contributed by atoms with van der Waals surface area (Å²) in [4.78, 5) is 68.0. The van der Waals surface area contributed by atoms with E-state index >= 15 is 0 Å². The van der Waals surface area contributed by atoms with Crippen molar-refractivity contribution in [1.29, 1.82) is 0 Å². The number of hydrogen-bond acceptors (Lipinski definition) is 6. The quantitative estimate of drug-likeness (QED) is 0.256. The Morgan fingerprint density at radius 1 is 1.05 bits per heavy atom. The second-order valence-corrected chi connectivity index (χ2v) is 14.0. The van der Waals surface area contributed by atoms with Gasteiger partial charge in [-0.05, 0) is 69.1 Å². The van der Waals surface area contributed by atoms with E-state index in [-0.39, 0.29) is 48.0 Å². The van der Waals surface area contributed by atoms with E-state index in [1.165, 1.54) is 6.08 Å². The number of hydrogen-bond donors (Lipinski definition) is 3. The van der Waals surface area contributed by atoms with Crippen molar-refractivity contribution in [3.63, 3.8) is 0 Å². The highest BCUT2D eigenvalue weighted by Gasteiger charge is 2.69. The molecule has 3 N–H and O–H groups in total. The van der Waals surface area contributed by atoms with Gasteiger partial charge in [0, 0.05) is 13.1 Å². The number of alkyl carbamates (subject to hydrolysis) is 1. The van der Waals surface area contributed by atoms with Crippen LogP contribution in [0.3, 0.4) is 0 Å². The van der Waals surface area contributed by atoms with Crippen LogP contribution in [0.25, 0.3) is 0 Å². The zero-order valence-corrected chi connectivity index (χ0v) is 25.9. The number of nitrogens with one attached hydrogen (secondary N) is 3. The molecular weight excluding hydrogens is 524 g/mol. The van der Waals surface area contributed by atoms with Crippen molar-refractivity contribution in [2.24, 2.45) is 29.1 Å². The number of fused-ring (bicyclic) bond motifs is 1. The van der Waals surface area contributed by atoms with Crippen LogP contribution in [0, 0.1) is 29.1 Å². The summed E-state index contributed by atoms with van der Waals surface area (Å²) < 4.78 is 5.49. The molecule has 3 rings (SSSR count). The second kappa shape index (κ2) is 12.9. The van der Waals surface area contributed by atoms with Crippen molar-refractivity contribution >= 4 is 29.6 Å². The van der Waals surface area contributed by atoms with Crippen LogP contribution in [0.15, 0.2) is 12.7 Å². The zero-order valence-electron chi connectivity index (χ0n) is 25.9. The number of Topliss-reactive ketones (excluding diaryl/α,β-unsaturated/α-hetero) is 1. The molecule has 3 unspecified atom stereocenters. The molecule has 4 amide bonds. The van der Waals surface area contributed by atoms with Crippen molar-refractivity contribution in [1.82, 2.24) is 20.9 Å². The molecule has 0 aromatic heterocycles. The van der Waals surface area contributed by atoms with E-state index < -0.39 is 47.4 Å². The van der Waals surface area contributed by atoms with Gasteiger partial charge < -0.3 is 25.6 Å². The molecule has 41 heavy (non-hydrogen) atoms. The molecule has 0 radical (unpaired) electrons. The van der Waals surface area contributed by atoms with E-state index in [1.54, 1.807) is 25.7 Å². The number of likely N-dealkylation sites (tertiary alicyclic amines) is 1. The summed E-state index contributed by atoms with van der Waals surface area (Å²) in [6.45, 7) is 17.4. The van der Waals surface area contributed by atoms with E-state index in [0.717, 1.165) is 32.1 Å². The number of piperidine rings is 1. The molecule has 3 aliphatic rings. The van der Waals surface area contributed by atoms with Gasteiger partial charge in [-0.2, -0.15) is 0 Å². The highest BCUT2D eigenvalue weighted by molar-refractivity contribution is 6.38. The van der Waals surface area contributed by atoms with Crippen molar-refractivity contribution in [3.05, 3.63) is 12.7 Å². The summed E-state index contributed by atoms with van der Waals surface area (Å²) in [7, 11) is 0. The van der Waals surface area contributed by atoms with Gasteiger partial charge in [-0.3, -0.25) is 19.2 Å². The lowest BCUT2D eigenvalue weighted by Gasteiger charge is -2.37. The third-order valence-corrected chi connectivity index (χ3v) is 8.79. The highest BCUT2D eigenvalue weighted by Crippen LogP contribution is 2.65. The van der Waals surface area contributed by atoms with Crippen molar-refractivity contribution < 1.29 is 28.7 Å². The average molecular weight is 575 g/mol. The topological polar surface area (TPSA) is 134 Å². The van der Waals surface area contributed by atoms with Crippen LogP contribution in [0.4, 0.5) is 4.79 Å². The van der Waals surface area contributed by atoms with Gasteiger partial charge in [-0.1, -0.05) is 53.0 Å². The van der Waals surface area contributed by atoms with Gasteiger partial charge in [0.05, 0.1) is 6.04 Å². The van der Waals surface area contributed by atoms with Gasteiger partial charge in [0.25, 0.3) is 5.91 Å². The largest absolute Gasteiger partial charge is 0.444 e. The molecule has 10 heteroatoms. The molecular formula is C31H50N4O6. The molecule has 10 nitrogen and oxygen atoms in total. The van der Waals surface area contributed by atoms with Gasteiger partial charge in [0.2, 0.25) is 17.6 Å². The first-order chi connectivity index (χ1) is 19.1. The Kier molecular flexibility index (Phi) is 10.3. The Morgan fingerprint density at radius 2 is 1.68 bits per heavy atom. The van der Waals surface area contributed by atoms with Crippen LogP contribution in [0.2, 0.25) is 0 Å². The normalized spacial score (nSPS) is 25.0. The lowest BCUT2D eigenvalue weighted by Crippen LogP contribution is -2.60. The third kappa shape index (κ3) is 7.89. The van der Waals surface area contributed by atoms with E-state index in [2.05, 4.69) is 36.4 Å². The fraction of sp³-hybridized carbons (Fsp3) is 0.774. The Balaban J connectivity index is 1.85. The molecule has 2 aliphatic carbocycles. The molecule has 0 spiro atoms. The van der Waals surface area contributed by atoms with Crippen molar-refractivity contribution in [2.75, 3.05) is 13.1 Å². The molecule has 0 aromatic carbocycles. The minimum atomic E-state index is -1.01. The van der Waals surface area contributed by atoms with Crippen LogP contribution in [0.1, 0.15) is 87.0 Å². The first kappa shape index (κ1) is 32.6. The average Bonchev–Trinajstić information content (AvgIpc) is 3.21. The summed E-state index contributed by atoms with van der Waals surface area (Å²) in [5.41, 5.74) is -0.863. The van der Waals surface area contributed by atoms with Gasteiger partial charge in [0.1, 0.15) is 17.7 Å². The Labute approximate surface area is 244 Å². The minimum absolute atomic E-state index is 0.0385. The third-order valence-electron chi connectivity index (χ3n) is 8.79. The summed E-state index contributed by atoms with van der Waals surface area (Å²) in [5.74, 6) is -2.19. The summed E-state index contributed by atoms with van der Waals surface area (Å²) >= 11 is 0. The van der Waals surface area contributed by atoms with Gasteiger partial charge in [0.15, 0.2) is 0 Å².